The van der Waals surface area contributed by atoms with E-state index in [1.54, 1.807) is 11.9 Å². The van der Waals surface area contributed by atoms with Gasteiger partial charge in [0.1, 0.15) is 6.17 Å². The molecular formula is C24H26FN7O2. The summed E-state index contributed by atoms with van der Waals surface area (Å²) in [4.78, 5) is 28.8. The molecule has 2 N–H and O–H groups in total. The first-order chi connectivity index (χ1) is 16.5. The van der Waals surface area contributed by atoms with Crippen LogP contribution in [0.1, 0.15) is 29.2 Å². The number of nitrogens with one attached hydrogen (secondary N) is 2. The minimum absolute atomic E-state index is 0.0334. The minimum atomic E-state index is -0.839. The Morgan fingerprint density at radius 1 is 1.29 bits per heavy atom. The van der Waals surface area contributed by atoms with Crippen LogP contribution in [0.15, 0.2) is 42.5 Å². The lowest BCUT2D eigenvalue weighted by atomic mass is 10.0. The fourth-order valence-corrected chi connectivity index (χ4v) is 4.66. The highest BCUT2D eigenvalue weighted by Gasteiger charge is 2.29. The standard InChI is InChI=1S/C24H26FN7O2/c1-31(23(34)10-15-5-6-16-12-22(33)26-20(16)9-15)21(14-32-8-7-19(25)13-32)17-3-2-4-18(11-17)24-27-29-30-28-24/h2-6,9,11,19,21H,7-8,10,12-14H2,1H3,(H,26,33)(H,27,28,29,30)/t19-,21?/m0/s1. The van der Waals surface area contributed by atoms with Crippen molar-refractivity contribution in [1.29, 1.82) is 0 Å². The van der Waals surface area contributed by atoms with Gasteiger partial charge in [0.25, 0.3) is 0 Å². The number of anilines is 1. The molecule has 3 aromatic rings. The molecule has 2 aromatic carbocycles. The zero-order valence-corrected chi connectivity index (χ0v) is 18.9. The second kappa shape index (κ2) is 9.30. The van der Waals surface area contributed by atoms with Crippen molar-refractivity contribution in [1.82, 2.24) is 30.4 Å². The van der Waals surface area contributed by atoms with E-state index in [0.29, 0.717) is 38.3 Å². The summed E-state index contributed by atoms with van der Waals surface area (Å²) in [5, 5.41) is 17.0. The number of carbonyl (C=O) groups excluding carboxylic acids is 2. The molecule has 2 amide bonds. The summed E-state index contributed by atoms with van der Waals surface area (Å²) >= 11 is 0. The van der Waals surface area contributed by atoms with E-state index >= 15 is 0 Å². The van der Waals surface area contributed by atoms with Crippen LogP contribution >= 0.6 is 0 Å². The van der Waals surface area contributed by atoms with Crippen LogP contribution in [0.2, 0.25) is 0 Å². The van der Waals surface area contributed by atoms with Gasteiger partial charge in [-0.15, -0.1) is 10.2 Å². The average molecular weight is 464 g/mol. The lowest BCUT2D eigenvalue weighted by molar-refractivity contribution is -0.131. The first kappa shape index (κ1) is 22.1. The Morgan fingerprint density at radius 3 is 2.94 bits per heavy atom. The smallest absolute Gasteiger partial charge is 0.228 e. The Bertz CT molecular complexity index is 1200. The first-order valence-electron chi connectivity index (χ1n) is 11.3. The van der Waals surface area contributed by atoms with Crippen molar-refractivity contribution >= 4 is 17.5 Å². The van der Waals surface area contributed by atoms with Gasteiger partial charge in [-0.1, -0.05) is 30.3 Å². The number of rotatable bonds is 7. The van der Waals surface area contributed by atoms with Gasteiger partial charge in [-0.05, 0) is 40.5 Å². The number of fused-ring (bicyclic) bond motifs is 1. The molecule has 0 bridgehead atoms. The number of likely N-dealkylation sites (tertiary alicyclic amines) is 1. The van der Waals surface area contributed by atoms with Crippen LogP contribution < -0.4 is 5.32 Å². The molecule has 176 valence electrons. The van der Waals surface area contributed by atoms with Gasteiger partial charge in [0.05, 0.1) is 18.9 Å². The number of amides is 2. The highest BCUT2D eigenvalue weighted by molar-refractivity contribution is 5.99. The maximum Gasteiger partial charge on any atom is 0.228 e. The topological polar surface area (TPSA) is 107 Å². The number of hydrogen-bond donors (Lipinski definition) is 2. The molecule has 1 fully saturated rings. The normalized spacial score (nSPS) is 18.5. The van der Waals surface area contributed by atoms with Crippen molar-refractivity contribution in [2.45, 2.75) is 31.5 Å². The van der Waals surface area contributed by atoms with Crippen LogP contribution in [-0.4, -0.2) is 75.1 Å². The van der Waals surface area contributed by atoms with Crippen LogP contribution in [0.5, 0.6) is 0 Å². The molecule has 0 radical (unpaired) electrons. The van der Waals surface area contributed by atoms with Crippen molar-refractivity contribution in [2.75, 3.05) is 32.0 Å². The van der Waals surface area contributed by atoms with Crippen molar-refractivity contribution in [3.8, 4) is 11.4 Å². The van der Waals surface area contributed by atoms with E-state index in [4.69, 9.17) is 0 Å². The summed E-state index contributed by atoms with van der Waals surface area (Å²) in [5.74, 6) is 0.379. The predicted octanol–water partition coefficient (Wildman–Crippen LogP) is 2.15. The fourth-order valence-electron chi connectivity index (χ4n) is 4.66. The maximum absolute atomic E-state index is 13.9. The number of H-pyrrole nitrogens is 1. The number of tetrazole rings is 1. The number of likely N-dealkylation sites (N-methyl/N-ethyl adjacent to an activating group) is 1. The monoisotopic (exact) mass is 463 g/mol. The zero-order valence-electron chi connectivity index (χ0n) is 18.9. The molecule has 1 unspecified atom stereocenters. The lowest BCUT2D eigenvalue weighted by Crippen LogP contribution is -2.39. The molecule has 1 aromatic heterocycles. The van der Waals surface area contributed by atoms with E-state index < -0.39 is 6.17 Å². The maximum atomic E-state index is 13.9. The molecule has 0 aliphatic carbocycles. The van der Waals surface area contributed by atoms with E-state index in [9.17, 15) is 14.0 Å². The fraction of sp³-hybridized carbons (Fsp3) is 0.375. The third-order valence-corrected chi connectivity index (χ3v) is 6.54. The highest BCUT2D eigenvalue weighted by atomic mass is 19.1. The molecule has 2 atom stereocenters. The molecule has 2 aliphatic heterocycles. The van der Waals surface area contributed by atoms with Crippen molar-refractivity contribution < 1.29 is 14.0 Å². The Balaban J connectivity index is 1.38. The van der Waals surface area contributed by atoms with E-state index in [-0.39, 0.29) is 24.3 Å². The summed E-state index contributed by atoms with van der Waals surface area (Å²) in [6.45, 7) is 1.56. The highest BCUT2D eigenvalue weighted by Crippen LogP contribution is 2.28. The summed E-state index contributed by atoms with van der Waals surface area (Å²) in [7, 11) is 1.78. The van der Waals surface area contributed by atoms with Gasteiger partial charge in [-0.2, -0.15) is 5.21 Å². The van der Waals surface area contributed by atoms with Gasteiger partial charge >= 0.3 is 0 Å². The second-order valence-corrected chi connectivity index (χ2v) is 8.92. The van der Waals surface area contributed by atoms with Crippen LogP contribution in [0.25, 0.3) is 11.4 Å². The third kappa shape index (κ3) is 4.67. The Hall–Kier alpha value is -3.66. The second-order valence-electron chi connectivity index (χ2n) is 8.92. The molecule has 0 spiro atoms. The molecule has 34 heavy (non-hydrogen) atoms. The molecular weight excluding hydrogens is 437 g/mol. The number of alkyl halides is 1. The summed E-state index contributed by atoms with van der Waals surface area (Å²) in [5.41, 5.74) is 4.26. The molecule has 0 saturated carbocycles. The summed E-state index contributed by atoms with van der Waals surface area (Å²) in [6.07, 6.45) is 0.239. The van der Waals surface area contributed by atoms with Gasteiger partial charge in [0, 0.05) is 37.9 Å². The lowest BCUT2D eigenvalue weighted by Gasteiger charge is -2.32. The molecule has 2 aliphatic rings. The molecule has 1 saturated heterocycles. The van der Waals surface area contributed by atoms with Gasteiger partial charge in [0.15, 0.2) is 0 Å². The van der Waals surface area contributed by atoms with Gasteiger partial charge in [-0.3, -0.25) is 14.5 Å². The number of benzene rings is 2. The third-order valence-electron chi connectivity index (χ3n) is 6.54. The van der Waals surface area contributed by atoms with Crippen molar-refractivity contribution in [3.63, 3.8) is 0 Å². The number of halogens is 1. The predicted molar refractivity (Wildman–Crippen MR) is 124 cm³/mol. The van der Waals surface area contributed by atoms with Crippen LogP contribution in [0.4, 0.5) is 10.1 Å². The average Bonchev–Trinajstić information content (AvgIpc) is 3.57. The Labute approximate surface area is 196 Å². The molecule has 10 heteroatoms. The van der Waals surface area contributed by atoms with Gasteiger partial charge in [0.2, 0.25) is 17.6 Å². The van der Waals surface area contributed by atoms with E-state index in [0.717, 1.165) is 27.9 Å². The minimum Gasteiger partial charge on any atom is -0.337 e. The Kier molecular flexibility index (Phi) is 6.06. The van der Waals surface area contributed by atoms with Gasteiger partial charge in [-0.25, -0.2) is 4.39 Å². The summed E-state index contributed by atoms with van der Waals surface area (Å²) in [6, 6.07) is 13.1. The number of nitrogens with zero attached hydrogens (tertiary/aromatic N) is 5. The van der Waals surface area contributed by atoms with Gasteiger partial charge < -0.3 is 10.2 Å². The quantitative estimate of drug-likeness (QED) is 0.556. The van der Waals surface area contributed by atoms with E-state index in [1.807, 2.05) is 42.5 Å². The largest absolute Gasteiger partial charge is 0.337 e. The number of hydrogen-bond acceptors (Lipinski definition) is 6. The van der Waals surface area contributed by atoms with Crippen molar-refractivity contribution in [3.05, 3.63) is 59.2 Å². The molecule has 9 nitrogen and oxygen atoms in total. The van der Waals surface area contributed by atoms with E-state index in [2.05, 4.69) is 30.8 Å². The number of aromatic nitrogens is 4. The SMILES string of the molecule is CN(C(=O)Cc1ccc2c(c1)NC(=O)C2)C(CN1CC[C@H](F)C1)c1cccc(-c2nn[nH]n2)c1. The molecule has 5 rings (SSSR count). The number of carbonyl (C=O) groups is 2. The number of aromatic amines is 1. The zero-order chi connectivity index (χ0) is 23.7. The first-order valence-corrected chi connectivity index (χ1v) is 11.3. The molecule has 3 heterocycles. The van der Waals surface area contributed by atoms with Crippen molar-refractivity contribution in [2.24, 2.45) is 0 Å². The van der Waals surface area contributed by atoms with Crippen LogP contribution in [-0.2, 0) is 22.4 Å². The van der Waals surface area contributed by atoms with E-state index in [1.165, 1.54) is 0 Å². The Morgan fingerprint density at radius 2 is 2.18 bits per heavy atom. The van der Waals surface area contributed by atoms with Crippen LogP contribution in [0.3, 0.4) is 0 Å². The van der Waals surface area contributed by atoms with Crippen LogP contribution in [0, 0.1) is 0 Å². The summed E-state index contributed by atoms with van der Waals surface area (Å²) < 4.78 is 13.9.